The van der Waals surface area contributed by atoms with Crippen LogP contribution in [0.1, 0.15) is 20.8 Å². The van der Waals surface area contributed by atoms with Crippen molar-refractivity contribution in [2.24, 2.45) is 5.73 Å². The summed E-state index contributed by atoms with van der Waals surface area (Å²) in [7, 11) is 0. The van der Waals surface area contributed by atoms with Gasteiger partial charge in [0.2, 0.25) is 17.7 Å². The lowest BCUT2D eigenvalue weighted by atomic mass is 10.2. The molecule has 2 aromatic rings. The average molecular weight is 857 g/mol. The van der Waals surface area contributed by atoms with Crippen LogP contribution >= 0.6 is 12.2 Å². The van der Waals surface area contributed by atoms with Gasteiger partial charge in [-0.15, -0.1) is 0 Å². The molecule has 0 spiro atoms. The Morgan fingerprint density at radius 1 is 0.695 bits per heavy atom. The third-order valence-electron chi connectivity index (χ3n) is 9.38. The van der Waals surface area contributed by atoms with Crippen molar-refractivity contribution in [1.82, 2.24) is 15.1 Å². The summed E-state index contributed by atoms with van der Waals surface area (Å²) in [4.78, 5) is 66.9. The lowest BCUT2D eigenvalue weighted by Gasteiger charge is -2.36. The number of carbonyl (C=O) groups is 5. The topological polar surface area (TPSA) is 202 Å². The molecule has 6 rings (SSSR count). The van der Waals surface area contributed by atoms with Crippen molar-refractivity contribution in [2.45, 2.75) is 33.0 Å². The highest BCUT2D eigenvalue weighted by molar-refractivity contribution is 7.80. The summed E-state index contributed by atoms with van der Waals surface area (Å²) in [5.41, 5.74) is 5.12. The fourth-order valence-electron chi connectivity index (χ4n) is 6.53. The number of halogens is 4. The van der Waals surface area contributed by atoms with E-state index in [9.17, 15) is 41.5 Å². The first-order valence-corrected chi connectivity index (χ1v) is 19.0. The molecule has 0 bridgehead atoms. The standard InChI is InChI=1S/C18H22F2N4O5.C16H20F2N4O4.C3H6S/c1-11(26)21-8-13-9-24(18(28)29-13)12-6-14(19)17(15(20)7-12)23-4-2-22(3-5-23)16(27)10-25;17-12-5-10(22-8-11(7-19)26-16(22)25)6-13(18)15(12)21-3-1-20(2-4-21)14(24)9-23;1-3(2)4/h6-7,13,25H,2-5,8-10H2,1H3,(H,21,26);5-6,11,23H,1-4,7-9,19H2;1-2H3/t13-;11-;/m00./s1. The molecule has 4 aliphatic heterocycles. The number of thiocarbonyl (C=S) groups is 1. The summed E-state index contributed by atoms with van der Waals surface area (Å²) >= 11 is 4.54. The molecule has 0 radical (unpaired) electrons. The van der Waals surface area contributed by atoms with E-state index in [1.165, 1.54) is 26.5 Å². The first-order chi connectivity index (χ1) is 28.0. The molecule has 4 aliphatic rings. The van der Waals surface area contributed by atoms with Gasteiger partial charge in [0.25, 0.3) is 0 Å². The van der Waals surface area contributed by atoms with Crippen molar-refractivity contribution >= 4 is 69.7 Å². The molecule has 2 aromatic carbocycles. The summed E-state index contributed by atoms with van der Waals surface area (Å²) in [6, 6.07) is 4.30. The molecule has 2 atom stereocenters. The molecule has 0 aromatic heterocycles. The Bertz CT molecular complexity index is 1830. The molecule has 5 N–H and O–H groups in total. The molecule has 4 fully saturated rings. The molecular formula is C37H48F4N8O9S. The molecule has 5 amide bonds. The van der Waals surface area contributed by atoms with Crippen LogP contribution in [-0.2, 0) is 23.9 Å². The van der Waals surface area contributed by atoms with Crippen LogP contribution in [0.2, 0.25) is 0 Å². The molecule has 4 heterocycles. The predicted molar refractivity (Wildman–Crippen MR) is 211 cm³/mol. The number of piperazine rings is 2. The minimum absolute atomic E-state index is 0.0215. The maximum Gasteiger partial charge on any atom is 0.414 e. The van der Waals surface area contributed by atoms with Crippen LogP contribution in [-0.4, -0.2) is 159 Å². The second-order valence-electron chi connectivity index (χ2n) is 13.9. The number of amides is 5. The molecule has 59 heavy (non-hydrogen) atoms. The zero-order chi connectivity index (χ0) is 43.6. The van der Waals surface area contributed by atoms with Crippen LogP contribution in [0, 0.1) is 23.3 Å². The number of carbonyl (C=O) groups excluding carboxylic acids is 5. The Morgan fingerprint density at radius 3 is 1.34 bits per heavy atom. The predicted octanol–water partition coefficient (Wildman–Crippen LogP) is 1.35. The Morgan fingerprint density at radius 2 is 1.03 bits per heavy atom. The van der Waals surface area contributed by atoms with Gasteiger partial charge in [-0.3, -0.25) is 24.2 Å². The van der Waals surface area contributed by atoms with E-state index in [0.717, 1.165) is 38.9 Å². The maximum atomic E-state index is 14.7. The Hall–Kier alpha value is -5.32. The van der Waals surface area contributed by atoms with Crippen molar-refractivity contribution in [2.75, 3.05) is 111 Å². The number of nitrogens with zero attached hydrogens (tertiary/aromatic N) is 6. The molecule has 0 aliphatic carbocycles. The number of aliphatic hydroxyl groups is 2. The van der Waals surface area contributed by atoms with Gasteiger partial charge in [0.1, 0.15) is 36.8 Å². The molecule has 324 valence electrons. The number of hydrogen-bond acceptors (Lipinski definition) is 13. The first-order valence-electron chi connectivity index (χ1n) is 18.6. The lowest BCUT2D eigenvalue weighted by Crippen LogP contribution is -2.50. The van der Waals surface area contributed by atoms with Crippen molar-refractivity contribution < 1.29 is 61.2 Å². The summed E-state index contributed by atoms with van der Waals surface area (Å²) in [6.45, 7) is 6.25. The van der Waals surface area contributed by atoms with Crippen molar-refractivity contribution in [3.05, 3.63) is 47.5 Å². The molecule has 0 unspecified atom stereocenters. The Kier molecular flexibility index (Phi) is 16.6. The second kappa shape index (κ2) is 21.1. The Balaban J connectivity index is 0.000000240. The van der Waals surface area contributed by atoms with E-state index < -0.39 is 72.7 Å². The molecule has 4 saturated heterocycles. The maximum absolute atomic E-state index is 14.7. The number of nitrogens with two attached hydrogens (primary N) is 1. The minimum Gasteiger partial charge on any atom is -0.443 e. The molecular weight excluding hydrogens is 809 g/mol. The first kappa shape index (κ1) is 46.4. The normalized spacial score (nSPS) is 19.0. The van der Waals surface area contributed by atoms with Gasteiger partial charge < -0.3 is 50.3 Å². The highest BCUT2D eigenvalue weighted by Gasteiger charge is 2.35. The highest BCUT2D eigenvalue weighted by atomic mass is 32.1. The zero-order valence-electron chi connectivity index (χ0n) is 32.8. The second-order valence-corrected chi connectivity index (χ2v) is 14.7. The van der Waals surface area contributed by atoms with Gasteiger partial charge in [-0.25, -0.2) is 27.2 Å². The van der Waals surface area contributed by atoms with E-state index in [0.29, 0.717) is 0 Å². The molecule has 0 saturated carbocycles. The summed E-state index contributed by atoms with van der Waals surface area (Å²) in [5.74, 6) is -4.39. The van der Waals surface area contributed by atoms with E-state index in [4.69, 9.17) is 25.4 Å². The van der Waals surface area contributed by atoms with Crippen LogP contribution in [0.5, 0.6) is 0 Å². The van der Waals surface area contributed by atoms with E-state index in [1.807, 2.05) is 13.8 Å². The quantitative estimate of drug-likeness (QED) is 0.208. The highest BCUT2D eigenvalue weighted by Crippen LogP contribution is 2.33. The van der Waals surface area contributed by atoms with Gasteiger partial charge in [0.05, 0.1) is 31.0 Å². The molecule has 22 heteroatoms. The van der Waals surface area contributed by atoms with E-state index in [1.54, 1.807) is 0 Å². The fraction of sp³-hybridized carbons (Fsp3) is 0.514. The smallest absolute Gasteiger partial charge is 0.414 e. The number of benzene rings is 2. The van der Waals surface area contributed by atoms with E-state index >= 15 is 0 Å². The minimum atomic E-state index is -0.833. The third-order valence-corrected chi connectivity index (χ3v) is 9.38. The fourth-order valence-corrected chi connectivity index (χ4v) is 6.53. The SMILES string of the molecule is CC(=O)NC[C@H]1CN(c2cc(F)c(N3CCN(C(=O)CO)CC3)c(F)c2)C(=O)O1.CC(C)=S.NC[C@H]1CN(c2cc(F)c(N3CCN(C(=O)CO)CC3)c(F)c2)C(=O)O1. The lowest BCUT2D eigenvalue weighted by molar-refractivity contribution is -0.135. The third kappa shape index (κ3) is 12.1. The van der Waals surface area contributed by atoms with Gasteiger partial charge in [0, 0.05) is 90.1 Å². The Labute approximate surface area is 343 Å². The van der Waals surface area contributed by atoms with Gasteiger partial charge in [0.15, 0.2) is 23.3 Å². The van der Waals surface area contributed by atoms with Crippen LogP contribution in [0.4, 0.5) is 49.9 Å². The van der Waals surface area contributed by atoms with Gasteiger partial charge in [-0.05, 0) is 18.7 Å². The van der Waals surface area contributed by atoms with Crippen molar-refractivity contribution in [3.8, 4) is 0 Å². The van der Waals surface area contributed by atoms with E-state index in [-0.39, 0.29) is 107 Å². The summed E-state index contributed by atoms with van der Waals surface area (Å²) in [6.07, 6.45) is -2.56. The van der Waals surface area contributed by atoms with Gasteiger partial charge in [-0.2, -0.15) is 0 Å². The zero-order valence-corrected chi connectivity index (χ0v) is 33.6. The number of nitrogens with one attached hydrogen (secondary N) is 1. The van der Waals surface area contributed by atoms with Crippen molar-refractivity contribution in [3.63, 3.8) is 0 Å². The number of hydrogen-bond donors (Lipinski definition) is 4. The number of rotatable bonds is 9. The number of cyclic esters (lactones) is 2. The number of ether oxygens (including phenoxy) is 2. The van der Waals surface area contributed by atoms with E-state index in [2.05, 4.69) is 17.5 Å². The average Bonchev–Trinajstić information content (AvgIpc) is 3.77. The number of anilines is 4. The van der Waals surface area contributed by atoms with Crippen molar-refractivity contribution in [1.29, 1.82) is 0 Å². The molecule has 17 nitrogen and oxygen atoms in total. The van der Waals surface area contributed by atoms with Gasteiger partial charge in [-0.1, -0.05) is 12.2 Å². The van der Waals surface area contributed by atoms with Crippen LogP contribution < -0.4 is 30.7 Å². The monoisotopic (exact) mass is 856 g/mol. The van der Waals surface area contributed by atoms with Crippen LogP contribution in [0.15, 0.2) is 24.3 Å². The summed E-state index contributed by atoms with van der Waals surface area (Å²) in [5, 5.41) is 20.3. The largest absolute Gasteiger partial charge is 0.443 e. The summed E-state index contributed by atoms with van der Waals surface area (Å²) < 4.78 is 68.7. The van der Waals surface area contributed by atoms with Gasteiger partial charge >= 0.3 is 12.2 Å². The van der Waals surface area contributed by atoms with Crippen LogP contribution in [0.25, 0.3) is 0 Å². The van der Waals surface area contributed by atoms with Crippen LogP contribution in [0.3, 0.4) is 0 Å². The number of aliphatic hydroxyl groups excluding tert-OH is 2.